The number of nitrogens with two attached hydrogens (primary N) is 1. The van der Waals surface area contributed by atoms with Crippen molar-refractivity contribution in [1.29, 1.82) is 0 Å². The molecule has 0 aliphatic carbocycles. The number of nitrogens with zero attached hydrogens (tertiary/aromatic N) is 2. The fourth-order valence-corrected chi connectivity index (χ4v) is 2.74. The largest absolute Gasteiger partial charge is 0.490 e. The van der Waals surface area contributed by atoms with Crippen molar-refractivity contribution < 1.29 is 9.47 Å². The van der Waals surface area contributed by atoms with Gasteiger partial charge in [0, 0.05) is 6.54 Å². The van der Waals surface area contributed by atoms with Gasteiger partial charge >= 0.3 is 0 Å². The summed E-state index contributed by atoms with van der Waals surface area (Å²) in [6.07, 6.45) is 1.50. The van der Waals surface area contributed by atoms with Gasteiger partial charge in [-0.2, -0.15) is 0 Å². The zero-order valence-electron chi connectivity index (χ0n) is 11.6. The standard InChI is InChI=1S/C15H15N3O2S/c1-2-19-13-7-10(8-16)3-4-12(13)20-15-14-11(5-6-21-14)17-9-18-15/h3-7,9H,2,8,16H2,1H3. The summed E-state index contributed by atoms with van der Waals surface area (Å²) < 4.78 is 12.5. The topological polar surface area (TPSA) is 70.3 Å². The Bertz CT molecular complexity index is 758. The molecule has 0 atom stereocenters. The second-order valence-electron chi connectivity index (χ2n) is 4.33. The van der Waals surface area contributed by atoms with Gasteiger partial charge in [-0.15, -0.1) is 11.3 Å². The van der Waals surface area contributed by atoms with Crippen LogP contribution >= 0.6 is 11.3 Å². The zero-order valence-corrected chi connectivity index (χ0v) is 12.4. The number of fused-ring (bicyclic) bond motifs is 1. The lowest BCUT2D eigenvalue weighted by Gasteiger charge is -2.12. The van der Waals surface area contributed by atoms with Gasteiger partial charge in [-0.05, 0) is 36.1 Å². The number of rotatable bonds is 5. The van der Waals surface area contributed by atoms with Crippen LogP contribution in [0.2, 0.25) is 0 Å². The van der Waals surface area contributed by atoms with Crippen molar-refractivity contribution in [2.75, 3.05) is 6.61 Å². The van der Waals surface area contributed by atoms with Crippen LogP contribution in [0.4, 0.5) is 0 Å². The summed E-state index contributed by atoms with van der Waals surface area (Å²) in [4.78, 5) is 8.42. The van der Waals surface area contributed by atoms with Gasteiger partial charge in [0.05, 0.1) is 12.1 Å². The summed E-state index contributed by atoms with van der Waals surface area (Å²) in [6, 6.07) is 7.61. The van der Waals surface area contributed by atoms with E-state index in [1.165, 1.54) is 6.33 Å². The van der Waals surface area contributed by atoms with Crippen molar-refractivity contribution in [3.63, 3.8) is 0 Å². The van der Waals surface area contributed by atoms with Crippen molar-refractivity contribution in [3.8, 4) is 17.4 Å². The smallest absolute Gasteiger partial charge is 0.240 e. The third-order valence-corrected chi connectivity index (χ3v) is 3.85. The first-order chi connectivity index (χ1) is 10.3. The van der Waals surface area contributed by atoms with E-state index in [0.717, 1.165) is 15.8 Å². The summed E-state index contributed by atoms with van der Waals surface area (Å²) in [7, 11) is 0. The normalized spacial score (nSPS) is 10.8. The van der Waals surface area contributed by atoms with Gasteiger partial charge in [-0.1, -0.05) is 6.07 Å². The van der Waals surface area contributed by atoms with Crippen molar-refractivity contribution in [3.05, 3.63) is 41.5 Å². The lowest BCUT2D eigenvalue weighted by molar-refractivity contribution is 0.320. The molecule has 0 spiro atoms. The molecule has 0 amide bonds. The molecule has 3 aromatic rings. The monoisotopic (exact) mass is 301 g/mol. The molecule has 0 saturated carbocycles. The number of hydrogen-bond donors (Lipinski definition) is 1. The second kappa shape index (κ2) is 6.07. The van der Waals surface area contributed by atoms with Crippen LogP contribution in [0.15, 0.2) is 36.0 Å². The number of thiophene rings is 1. The Kier molecular flexibility index (Phi) is 3.98. The first-order valence-corrected chi connectivity index (χ1v) is 7.51. The van der Waals surface area contributed by atoms with E-state index in [9.17, 15) is 0 Å². The maximum absolute atomic E-state index is 5.93. The van der Waals surface area contributed by atoms with E-state index in [2.05, 4.69) is 9.97 Å². The molecule has 3 rings (SSSR count). The zero-order chi connectivity index (χ0) is 14.7. The van der Waals surface area contributed by atoms with E-state index in [0.29, 0.717) is 30.5 Å². The molecule has 1 aromatic carbocycles. The summed E-state index contributed by atoms with van der Waals surface area (Å²) in [6.45, 7) is 2.95. The van der Waals surface area contributed by atoms with E-state index in [1.807, 2.05) is 36.6 Å². The summed E-state index contributed by atoms with van der Waals surface area (Å²) >= 11 is 1.55. The van der Waals surface area contributed by atoms with Crippen LogP contribution in [0.3, 0.4) is 0 Å². The maximum Gasteiger partial charge on any atom is 0.240 e. The quantitative estimate of drug-likeness (QED) is 0.782. The highest BCUT2D eigenvalue weighted by molar-refractivity contribution is 7.17. The fourth-order valence-electron chi connectivity index (χ4n) is 1.98. The molecule has 6 heteroatoms. The highest BCUT2D eigenvalue weighted by Gasteiger charge is 2.11. The van der Waals surface area contributed by atoms with Crippen LogP contribution < -0.4 is 15.2 Å². The molecule has 0 radical (unpaired) electrons. The SMILES string of the molecule is CCOc1cc(CN)ccc1Oc1ncnc2ccsc12. The lowest BCUT2D eigenvalue weighted by Crippen LogP contribution is -2.00. The molecule has 0 aliphatic rings. The average molecular weight is 301 g/mol. The summed E-state index contributed by atoms with van der Waals surface area (Å²) in [5.41, 5.74) is 7.53. The van der Waals surface area contributed by atoms with E-state index in [4.69, 9.17) is 15.2 Å². The van der Waals surface area contributed by atoms with Crippen LogP contribution in [0.1, 0.15) is 12.5 Å². The summed E-state index contributed by atoms with van der Waals surface area (Å²) in [5, 5.41) is 1.97. The highest BCUT2D eigenvalue weighted by atomic mass is 32.1. The average Bonchev–Trinajstić information content (AvgIpc) is 2.99. The van der Waals surface area contributed by atoms with Crippen LogP contribution in [-0.2, 0) is 6.54 Å². The van der Waals surface area contributed by atoms with Gasteiger partial charge in [0.1, 0.15) is 11.0 Å². The minimum Gasteiger partial charge on any atom is -0.490 e. The molecular formula is C15H15N3O2S. The van der Waals surface area contributed by atoms with Crippen molar-refractivity contribution in [2.45, 2.75) is 13.5 Å². The van der Waals surface area contributed by atoms with Crippen LogP contribution in [0, 0.1) is 0 Å². The Hall–Kier alpha value is -2.18. The first-order valence-electron chi connectivity index (χ1n) is 6.63. The molecule has 0 unspecified atom stereocenters. The lowest BCUT2D eigenvalue weighted by atomic mass is 10.2. The number of benzene rings is 1. The second-order valence-corrected chi connectivity index (χ2v) is 5.25. The predicted molar refractivity (Wildman–Crippen MR) is 83.0 cm³/mol. The van der Waals surface area contributed by atoms with E-state index in [-0.39, 0.29) is 0 Å². The third kappa shape index (κ3) is 2.81. The third-order valence-electron chi connectivity index (χ3n) is 2.96. The van der Waals surface area contributed by atoms with Crippen LogP contribution in [0.5, 0.6) is 17.4 Å². The minimum atomic E-state index is 0.461. The van der Waals surface area contributed by atoms with Crippen molar-refractivity contribution in [2.24, 2.45) is 5.73 Å². The Labute approximate surface area is 126 Å². The number of hydrogen-bond acceptors (Lipinski definition) is 6. The predicted octanol–water partition coefficient (Wildman–Crippen LogP) is 3.34. The van der Waals surface area contributed by atoms with Gasteiger partial charge in [-0.25, -0.2) is 9.97 Å². The van der Waals surface area contributed by atoms with Gasteiger partial charge in [0.15, 0.2) is 11.5 Å². The summed E-state index contributed by atoms with van der Waals surface area (Å²) in [5.74, 6) is 1.84. The Balaban J connectivity index is 1.99. The van der Waals surface area contributed by atoms with E-state index in [1.54, 1.807) is 11.3 Å². The molecule has 108 valence electrons. The van der Waals surface area contributed by atoms with Gasteiger partial charge in [-0.3, -0.25) is 0 Å². The fraction of sp³-hybridized carbons (Fsp3) is 0.200. The molecule has 2 N–H and O–H groups in total. The molecular weight excluding hydrogens is 286 g/mol. The minimum absolute atomic E-state index is 0.461. The molecule has 0 saturated heterocycles. The van der Waals surface area contributed by atoms with Gasteiger partial charge in [0.2, 0.25) is 5.88 Å². The van der Waals surface area contributed by atoms with E-state index < -0.39 is 0 Å². The molecule has 0 aliphatic heterocycles. The molecule has 2 heterocycles. The molecule has 0 fully saturated rings. The highest BCUT2D eigenvalue weighted by Crippen LogP contribution is 2.35. The van der Waals surface area contributed by atoms with Crippen LogP contribution in [-0.4, -0.2) is 16.6 Å². The van der Waals surface area contributed by atoms with Gasteiger partial charge < -0.3 is 15.2 Å². The molecule has 2 aromatic heterocycles. The Morgan fingerprint density at radius 2 is 2.10 bits per heavy atom. The van der Waals surface area contributed by atoms with E-state index >= 15 is 0 Å². The number of ether oxygens (including phenoxy) is 2. The Morgan fingerprint density at radius 3 is 2.90 bits per heavy atom. The molecule has 21 heavy (non-hydrogen) atoms. The molecule has 0 bridgehead atoms. The number of aromatic nitrogens is 2. The van der Waals surface area contributed by atoms with Crippen molar-refractivity contribution in [1.82, 2.24) is 9.97 Å². The first kappa shape index (κ1) is 13.8. The van der Waals surface area contributed by atoms with Crippen LogP contribution in [0.25, 0.3) is 10.2 Å². The maximum atomic E-state index is 5.93. The Morgan fingerprint density at radius 1 is 1.19 bits per heavy atom. The van der Waals surface area contributed by atoms with Crippen molar-refractivity contribution >= 4 is 21.6 Å². The van der Waals surface area contributed by atoms with Gasteiger partial charge in [0.25, 0.3) is 0 Å². The molecule has 5 nitrogen and oxygen atoms in total.